The van der Waals surface area contributed by atoms with Gasteiger partial charge in [0.1, 0.15) is 0 Å². The molecule has 0 saturated heterocycles. The highest BCUT2D eigenvalue weighted by molar-refractivity contribution is 8.17. The number of benzene rings is 1. The first-order valence-corrected chi connectivity index (χ1v) is 8.49. The van der Waals surface area contributed by atoms with Gasteiger partial charge in [0.2, 0.25) is 0 Å². The third-order valence-electron chi connectivity index (χ3n) is 3.62. The van der Waals surface area contributed by atoms with Gasteiger partial charge >= 0.3 is 0 Å². The van der Waals surface area contributed by atoms with Gasteiger partial charge in [-0.15, -0.1) is 23.5 Å². The van der Waals surface area contributed by atoms with Crippen LogP contribution >= 0.6 is 23.5 Å². The van der Waals surface area contributed by atoms with E-state index in [1.807, 2.05) is 23.5 Å². The molecule has 3 heteroatoms. The zero-order valence-corrected chi connectivity index (χ0v) is 12.1. The van der Waals surface area contributed by atoms with E-state index in [9.17, 15) is 5.11 Å². The van der Waals surface area contributed by atoms with E-state index in [1.165, 1.54) is 11.1 Å². The standard InChI is InChI=1S/C14H20OS2/c1-16-14(17-2)9-12-6-4-3-5-11(12)7-8-13(15)10-14/h3-6,13,15H,7-10H2,1-2H3. The number of rotatable bonds is 2. The molecule has 1 aromatic carbocycles. The molecule has 0 saturated carbocycles. The quantitative estimate of drug-likeness (QED) is 0.831. The SMILES string of the molecule is CSC1(SC)Cc2ccccc2CCC(O)C1. The molecule has 1 unspecified atom stereocenters. The second kappa shape index (κ2) is 5.68. The zero-order chi connectivity index (χ0) is 12.3. The molecule has 0 amide bonds. The molecule has 1 aliphatic carbocycles. The van der Waals surface area contributed by atoms with E-state index in [2.05, 4.69) is 36.8 Å². The number of aryl methyl sites for hydroxylation is 1. The van der Waals surface area contributed by atoms with Crippen LogP contribution in [0.4, 0.5) is 0 Å². The third kappa shape index (κ3) is 3.01. The predicted molar refractivity (Wildman–Crippen MR) is 78.9 cm³/mol. The minimum Gasteiger partial charge on any atom is -0.393 e. The summed E-state index contributed by atoms with van der Waals surface area (Å²) in [5.41, 5.74) is 2.88. The van der Waals surface area contributed by atoms with Gasteiger partial charge in [-0.1, -0.05) is 24.3 Å². The van der Waals surface area contributed by atoms with Gasteiger partial charge in [-0.3, -0.25) is 0 Å². The second-order valence-corrected chi connectivity index (χ2v) is 7.30. The van der Waals surface area contributed by atoms with Crippen LogP contribution in [0, 0.1) is 0 Å². The first-order chi connectivity index (χ1) is 8.19. The van der Waals surface area contributed by atoms with Crippen molar-refractivity contribution in [1.82, 2.24) is 0 Å². The van der Waals surface area contributed by atoms with Crippen LogP contribution in [0.15, 0.2) is 24.3 Å². The predicted octanol–water partition coefficient (Wildman–Crippen LogP) is 3.35. The first kappa shape index (κ1) is 13.3. The topological polar surface area (TPSA) is 20.2 Å². The third-order valence-corrected chi connectivity index (χ3v) is 6.73. The minimum atomic E-state index is -0.164. The average molecular weight is 268 g/mol. The monoisotopic (exact) mass is 268 g/mol. The van der Waals surface area contributed by atoms with Crippen molar-refractivity contribution in [3.8, 4) is 0 Å². The molecule has 0 heterocycles. The molecular weight excluding hydrogens is 248 g/mol. The molecule has 0 radical (unpaired) electrons. The number of fused-ring (bicyclic) bond motifs is 1. The summed E-state index contributed by atoms with van der Waals surface area (Å²) >= 11 is 3.77. The van der Waals surface area contributed by atoms with Crippen LogP contribution in [0.25, 0.3) is 0 Å². The van der Waals surface area contributed by atoms with Gasteiger partial charge in [0.15, 0.2) is 0 Å². The molecule has 1 N–H and O–H groups in total. The molecule has 0 aliphatic heterocycles. The highest BCUT2D eigenvalue weighted by Crippen LogP contribution is 2.43. The van der Waals surface area contributed by atoms with Gasteiger partial charge in [-0.25, -0.2) is 0 Å². The summed E-state index contributed by atoms with van der Waals surface area (Å²) in [7, 11) is 0. The van der Waals surface area contributed by atoms with Gasteiger partial charge in [-0.2, -0.15) is 0 Å². The molecule has 0 aromatic heterocycles. The Hall–Kier alpha value is -0.120. The number of aliphatic hydroxyl groups is 1. The zero-order valence-electron chi connectivity index (χ0n) is 10.5. The maximum Gasteiger partial charge on any atom is 0.0670 e. The summed E-state index contributed by atoms with van der Waals surface area (Å²) in [6.07, 6.45) is 8.01. The normalized spacial score (nSPS) is 23.6. The van der Waals surface area contributed by atoms with E-state index in [-0.39, 0.29) is 10.2 Å². The lowest BCUT2D eigenvalue weighted by atomic mass is 9.91. The van der Waals surface area contributed by atoms with Crippen molar-refractivity contribution in [1.29, 1.82) is 0 Å². The molecule has 1 atom stereocenters. The highest BCUT2D eigenvalue weighted by Gasteiger charge is 2.33. The summed E-state index contributed by atoms with van der Waals surface area (Å²) in [4.78, 5) is 0. The van der Waals surface area contributed by atoms with Crippen molar-refractivity contribution < 1.29 is 5.11 Å². The van der Waals surface area contributed by atoms with Crippen molar-refractivity contribution in [2.24, 2.45) is 0 Å². The Morgan fingerprint density at radius 3 is 2.47 bits per heavy atom. The molecule has 2 rings (SSSR count). The fourth-order valence-electron chi connectivity index (χ4n) is 2.51. The smallest absolute Gasteiger partial charge is 0.0670 e. The Bertz CT molecular complexity index is 374. The Labute approximate surface area is 112 Å². The molecule has 17 heavy (non-hydrogen) atoms. The lowest BCUT2D eigenvalue weighted by Crippen LogP contribution is -2.31. The van der Waals surface area contributed by atoms with E-state index >= 15 is 0 Å². The van der Waals surface area contributed by atoms with Gasteiger partial charge in [-0.05, 0) is 49.3 Å². The second-order valence-electron chi connectivity index (χ2n) is 4.66. The van der Waals surface area contributed by atoms with E-state index in [4.69, 9.17) is 0 Å². The molecular formula is C14H20OS2. The largest absolute Gasteiger partial charge is 0.393 e. The van der Waals surface area contributed by atoms with Crippen molar-refractivity contribution in [2.45, 2.75) is 35.9 Å². The van der Waals surface area contributed by atoms with Crippen LogP contribution < -0.4 is 0 Å². The number of hydrogen-bond donors (Lipinski definition) is 1. The fraction of sp³-hybridized carbons (Fsp3) is 0.571. The van der Waals surface area contributed by atoms with E-state index in [1.54, 1.807) is 0 Å². The summed E-state index contributed by atoms with van der Waals surface area (Å²) in [6, 6.07) is 8.68. The average Bonchev–Trinajstić information content (AvgIpc) is 2.34. The van der Waals surface area contributed by atoms with Crippen molar-refractivity contribution >= 4 is 23.5 Å². The highest BCUT2D eigenvalue weighted by atomic mass is 32.2. The van der Waals surface area contributed by atoms with Crippen LogP contribution in [-0.2, 0) is 12.8 Å². The van der Waals surface area contributed by atoms with E-state index < -0.39 is 0 Å². The van der Waals surface area contributed by atoms with Gasteiger partial charge in [0.05, 0.1) is 10.2 Å². The van der Waals surface area contributed by atoms with Gasteiger partial charge < -0.3 is 5.11 Å². The van der Waals surface area contributed by atoms with Crippen molar-refractivity contribution in [2.75, 3.05) is 12.5 Å². The maximum atomic E-state index is 10.1. The Morgan fingerprint density at radius 1 is 1.18 bits per heavy atom. The van der Waals surface area contributed by atoms with Crippen LogP contribution in [0.3, 0.4) is 0 Å². The summed E-state index contributed by atoms with van der Waals surface area (Å²) in [6.45, 7) is 0. The first-order valence-electron chi connectivity index (χ1n) is 6.04. The Balaban J connectivity index is 2.34. The molecule has 1 aromatic rings. The van der Waals surface area contributed by atoms with Gasteiger partial charge in [0.25, 0.3) is 0 Å². The van der Waals surface area contributed by atoms with Crippen LogP contribution in [0.2, 0.25) is 0 Å². The minimum absolute atomic E-state index is 0.135. The van der Waals surface area contributed by atoms with Crippen molar-refractivity contribution in [3.05, 3.63) is 35.4 Å². The number of thioether (sulfide) groups is 2. The van der Waals surface area contributed by atoms with Crippen LogP contribution in [-0.4, -0.2) is 27.8 Å². The number of aliphatic hydroxyl groups excluding tert-OH is 1. The molecule has 1 aliphatic rings. The lowest BCUT2D eigenvalue weighted by Gasteiger charge is -2.35. The molecule has 1 nitrogen and oxygen atoms in total. The summed E-state index contributed by atoms with van der Waals surface area (Å²) < 4.78 is 0.135. The maximum absolute atomic E-state index is 10.1. The van der Waals surface area contributed by atoms with E-state index in [0.29, 0.717) is 0 Å². The molecule has 0 spiro atoms. The lowest BCUT2D eigenvalue weighted by molar-refractivity contribution is 0.149. The molecule has 0 bridgehead atoms. The fourth-order valence-corrected chi connectivity index (χ4v) is 4.50. The van der Waals surface area contributed by atoms with E-state index in [0.717, 1.165) is 25.7 Å². The number of hydrogen-bond acceptors (Lipinski definition) is 3. The van der Waals surface area contributed by atoms with Crippen LogP contribution in [0.1, 0.15) is 24.0 Å². The molecule has 94 valence electrons. The summed E-state index contributed by atoms with van der Waals surface area (Å²) in [5.74, 6) is 0. The molecule has 0 fully saturated rings. The summed E-state index contributed by atoms with van der Waals surface area (Å²) in [5, 5.41) is 10.1. The Kier molecular flexibility index (Phi) is 4.45. The Morgan fingerprint density at radius 2 is 1.82 bits per heavy atom. The van der Waals surface area contributed by atoms with Crippen LogP contribution in [0.5, 0.6) is 0 Å². The van der Waals surface area contributed by atoms with Gasteiger partial charge in [0, 0.05) is 0 Å². The van der Waals surface area contributed by atoms with Crippen molar-refractivity contribution in [3.63, 3.8) is 0 Å².